The molecule has 0 radical (unpaired) electrons. The van der Waals surface area contributed by atoms with Crippen LogP contribution in [-0.2, 0) is 4.79 Å². The Morgan fingerprint density at radius 1 is 1.50 bits per heavy atom. The minimum absolute atomic E-state index is 0.0295. The first kappa shape index (κ1) is 11.0. The molecule has 0 bridgehead atoms. The highest BCUT2D eigenvalue weighted by molar-refractivity contribution is 5.68. The van der Waals surface area contributed by atoms with Gasteiger partial charge in [-0.2, -0.15) is 0 Å². The molecule has 1 fully saturated rings. The standard InChI is InChI=1S/C13H16O3/c1-8-2-5-10(12(14)6-8)11(7-13(15)16)9-3-4-9/h2,5-6,9,11,14H,3-4,7H2,1H3,(H,15,16). The zero-order chi connectivity index (χ0) is 11.7. The topological polar surface area (TPSA) is 57.5 Å². The van der Waals surface area contributed by atoms with E-state index >= 15 is 0 Å². The number of carboxylic acid groups (broad SMARTS) is 1. The number of aliphatic carboxylic acids is 1. The Morgan fingerprint density at radius 2 is 2.19 bits per heavy atom. The number of aromatic hydroxyl groups is 1. The summed E-state index contributed by atoms with van der Waals surface area (Å²) in [5.74, 6) is -0.155. The molecule has 1 saturated carbocycles. The zero-order valence-corrected chi connectivity index (χ0v) is 9.31. The van der Waals surface area contributed by atoms with E-state index in [9.17, 15) is 9.90 Å². The normalized spacial score (nSPS) is 17.1. The highest BCUT2D eigenvalue weighted by Crippen LogP contribution is 2.46. The fraction of sp³-hybridized carbons (Fsp3) is 0.462. The maximum atomic E-state index is 10.8. The van der Waals surface area contributed by atoms with Crippen molar-refractivity contribution in [3.8, 4) is 5.75 Å². The Morgan fingerprint density at radius 3 is 2.69 bits per heavy atom. The molecule has 0 amide bonds. The lowest BCUT2D eigenvalue weighted by Gasteiger charge is -2.16. The van der Waals surface area contributed by atoms with Gasteiger partial charge in [0.05, 0.1) is 6.42 Å². The molecule has 0 spiro atoms. The third kappa shape index (κ3) is 2.35. The second kappa shape index (κ2) is 4.16. The van der Waals surface area contributed by atoms with Crippen LogP contribution in [-0.4, -0.2) is 16.2 Å². The summed E-state index contributed by atoms with van der Waals surface area (Å²) in [6.45, 7) is 1.91. The first-order valence-corrected chi connectivity index (χ1v) is 5.59. The zero-order valence-electron chi connectivity index (χ0n) is 9.31. The van der Waals surface area contributed by atoms with E-state index in [0.717, 1.165) is 24.0 Å². The molecule has 0 saturated heterocycles. The van der Waals surface area contributed by atoms with Gasteiger partial charge in [0.15, 0.2) is 0 Å². The van der Waals surface area contributed by atoms with Gasteiger partial charge >= 0.3 is 5.97 Å². The molecule has 0 aromatic heterocycles. The minimum Gasteiger partial charge on any atom is -0.508 e. The fourth-order valence-electron chi connectivity index (χ4n) is 2.18. The smallest absolute Gasteiger partial charge is 0.303 e. The maximum Gasteiger partial charge on any atom is 0.303 e. The summed E-state index contributed by atoms with van der Waals surface area (Å²) >= 11 is 0. The molecule has 86 valence electrons. The van der Waals surface area contributed by atoms with E-state index < -0.39 is 5.97 Å². The lowest BCUT2D eigenvalue weighted by atomic mass is 9.90. The molecule has 2 N–H and O–H groups in total. The molecule has 1 atom stereocenters. The number of carboxylic acids is 1. The Balaban J connectivity index is 2.27. The Hall–Kier alpha value is -1.51. The van der Waals surface area contributed by atoms with Crippen molar-refractivity contribution in [1.82, 2.24) is 0 Å². The Bertz CT molecular complexity index is 408. The number of phenols is 1. The van der Waals surface area contributed by atoms with Crippen LogP contribution in [0.25, 0.3) is 0 Å². The number of aryl methyl sites for hydroxylation is 1. The molecule has 1 aliphatic carbocycles. The molecular formula is C13H16O3. The predicted molar refractivity (Wildman–Crippen MR) is 60.6 cm³/mol. The number of hydrogen-bond donors (Lipinski definition) is 2. The molecule has 1 unspecified atom stereocenters. The summed E-state index contributed by atoms with van der Waals surface area (Å²) in [7, 11) is 0. The van der Waals surface area contributed by atoms with Crippen LogP contribution in [0.2, 0.25) is 0 Å². The lowest BCUT2D eigenvalue weighted by Crippen LogP contribution is -2.08. The second-order valence-corrected chi connectivity index (χ2v) is 4.60. The molecule has 1 aromatic carbocycles. The summed E-state index contributed by atoms with van der Waals surface area (Å²) in [6.07, 6.45) is 2.26. The summed E-state index contributed by atoms with van der Waals surface area (Å²) in [5.41, 5.74) is 1.78. The minimum atomic E-state index is -0.795. The summed E-state index contributed by atoms with van der Waals surface area (Å²) in [6, 6.07) is 5.48. The molecule has 3 heteroatoms. The van der Waals surface area contributed by atoms with Crippen molar-refractivity contribution in [2.45, 2.75) is 32.1 Å². The Labute approximate surface area is 94.7 Å². The van der Waals surface area contributed by atoms with Gasteiger partial charge in [-0.15, -0.1) is 0 Å². The van der Waals surface area contributed by atoms with E-state index in [4.69, 9.17) is 5.11 Å². The molecule has 2 rings (SSSR count). The van der Waals surface area contributed by atoms with Gasteiger partial charge in [-0.25, -0.2) is 0 Å². The first-order valence-electron chi connectivity index (χ1n) is 5.59. The van der Waals surface area contributed by atoms with Gasteiger partial charge in [-0.05, 0) is 42.9 Å². The van der Waals surface area contributed by atoms with E-state index in [1.165, 1.54) is 0 Å². The second-order valence-electron chi connectivity index (χ2n) is 4.60. The summed E-state index contributed by atoms with van der Waals surface area (Å²) < 4.78 is 0. The third-order valence-corrected chi connectivity index (χ3v) is 3.17. The van der Waals surface area contributed by atoms with Crippen LogP contribution in [0.1, 0.15) is 36.3 Å². The maximum absolute atomic E-state index is 10.8. The fourth-order valence-corrected chi connectivity index (χ4v) is 2.18. The van der Waals surface area contributed by atoms with E-state index in [2.05, 4.69) is 0 Å². The van der Waals surface area contributed by atoms with Crippen LogP contribution in [0, 0.1) is 12.8 Å². The molecule has 0 heterocycles. The number of benzene rings is 1. The van der Waals surface area contributed by atoms with Gasteiger partial charge in [0.1, 0.15) is 5.75 Å². The van der Waals surface area contributed by atoms with Gasteiger partial charge in [0, 0.05) is 5.92 Å². The van der Waals surface area contributed by atoms with Crippen LogP contribution >= 0.6 is 0 Å². The average Bonchev–Trinajstić information content (AvgIpc) is 2.97. The van der Waals surface area contributed by atoms with E-state index in [0.29, 0.717) is 5.92 Å². The van der Waals surface area contributed by atoms with Crippen molar-refractivity contribution < 1.29 is 15.0 Å². The van der Waals surface area contributed by atoms with E-state index in [1.54, 1.807) is 6.07 Å². The quantitative estimate of drug-likeness (QED) is 0.820. The molecule has 1 aromatic rings. The largest absolute Gasteiger partial charge is 0.508 e. The van der Waals surface area contributed by atoms with Crippen molar-refractivity contribution in [2.75, 3.05) is 0 Å². The van der Waals surface area contributed by atoms with Gasteiger partial charge in [0.25, 0.3) is 0 Å². The number of hydrogen-bond acceptors (Lipinski definition) is 2. The monoisotopic (exact) mass is 220 g/mol. The van der Waals surface area contributed by atoms with Crippen molar-refractivity contribution in [3.63, 3.8) is 0 Å². The number of rotatable bonds is 4. The van der Waals surface area contributed by atoms with Crippen molar-refractivity contribution in [3.05, 3.63) is 29.3 Å². The Kier molecular flexibility index (Phi) is 2.86. The average molecular weight is 220 g/mol. The van der Waals surface area contributed by atoms with Crippen LogP contribution < -0.4 is 0 Å². The van der Waals surface area contributed by atoms with Crippen LogP contribution in [0.5, 0.6) is 5.75 Å². The van der Waals surface area contributed by atoms with Crippen LogP contribution in [0.15, 0.2) is 18.2 Å². The van der Waals surface area contributed by atoms with Gasteiger partial charge in [-0.1, -0.05) is 12.1 Å². The van der Waals surface area contributed by atoms with Crippen LogP contribution in [0.3, 0.4) is 0 Å². The molecule has 0 aliphatic heterocycles. The number of carbonyl (C=O) groups is 1. The SMILES string of the molecule is Cc1ccc(C(CC(=O)O)C2CC2)c(O)c1. The van der Waals surface area contributed by atoms with Crippen molar-refractivity contribution in [1.29, 1.82) is 0 Å². The first-order chi connectivity index (χ1) is 7.58. The van der Waals surface area contributed by atoms with Gasteiger partial charge in [-0.3, -0.25) is 4.79 Å². The number of phenolic OH excluding ortho intramolecular Hbond substituents is 1. The van der Waals surface area contributed by atoms with E-state index in [1.807, 2.05) is 19.1 Å². The highest BCUT2D eigenvalue weighted by atomic mass is 16.4. The van der Waals surface area contributed by atoms with Gasteiger partial charge in [0.2, 0.25) is 0 Å². The predicted octanol–water partition coefficient (Wildman–Crippen LogP) is 2.67. The van der Waals surface area contributed by atoms with Crippen LogP contribution in [0.4, 0.5) is 0 Å². The summed E-state index contributed by atoms with van der Waals surface area (Å²) in [4.78, 5) is 10.8. The molecule has 1 aliphatic rings. The molecule has 16 heavy (non-hydrogen) atoms. The van der Waals surface area contributed by atoms with Crippen molar-refractivity contribution in [2.24, 2.45) is 5.92 Å². The highest BCUT2D eigenvalue weighted by Gasteiger charge is 2.34. The summed E-state index contributed by atoms with van der Waals surface area (Å²) in [5, 5.41) is 18.7. The molecular weight excluding hydrogens is 204 g/mol. The van der Waals surface area contributed by atoms with Gasteiger partial charge < -0.3 is 10.2 Å². The third-order valence-electron chi connectivity index (χ3n) is 3.17. The van der Waals surface area contributed by atoms with Crippen molar-refractivity contribution >= 4 is 5.97 Å². The van der Waals surface area contributed by atoms with E-state index in [-0.39, 0.29) is 18.1 Å². The molecule has 3 nitrogen and oxygen atoms in total. The lowest BCUT2D eigenvalue weighted by molar-refractivity contribution is -0.137.